The van der Waals surface area contributed by atoms with Gasteiger partial charge in [-0.05, 0) is 13.8 Å². The maximum absolute atomic E-state index is 12.0. The number of halogens is 1. The Kier molecular flexibility index (Phi) is 2.88. The molecule has 0 bridgehead atoms. The summed E-state index contributed by atoms with van der Waals surface area (Å²) in [5.74, 6) is 0.0839. The fraction of sp³-hybridized carbons (Fsp3) is 0.333. The third-order valence-corrected chi connectivity index (χ3v) is 4.26. The third-order valence-electron chi connectivity index (χ3n) is 3.46. The number of nitrogens with zero attached hydrogens (tertiary/aromatic N) is 1. The number of aliphatic hydroxyl groups is 1. The molecule has 5 heteroatoms. The largest absolute Gasteiger partial charge is 0.476 e. The summed E-state index contributed by atoms with van der Waals surface area (Å²) in [5, 5.41) is 11.1. The van der Waals surface area contributed by atoms with Crippen molar-refractivity contribution in [1.82, 2.24) is 0 Å². The quantitative estimate of drug-likeness (QED) is 0.857. The fourth-order valence-corrected chi connectivity index (χ4v) is 3.02. The summed E-state index contributed by atoms with van der Waals surface area (Å²) in [7, 11) is 0. The molecule has 0 radical (unpaired) electrons. The van der Waals surface area contributed by atoms with E-state index in [2.05, 4.69) is 20.9 Å². The van der Waals surface area contributed by atoms with Gasteiger partial charge in [0.15, 0.2) is 11.4 Å². The van der Waals surface area contributed by atoms with Crippen molar-refractivity contribution in [3.05, 3.63) is 46.0 Å². The molecule has 0 spiro atoms. The normalized spacial score (nSPS) is 27.5. The van der Waals surface area contributed by atoms with Crippen LogP contribution < -0.4 is 0 Å². The van der Waals surface area contributed by atoms with Crippen LogP contribution in [0.3, 0.4) is 0 Å². The van der Waals surface area contributed by atoms with Gasteiger partial charge in [0, 0.05) is 21.7 Å². The lowest BCUT2D eigenvalue weighted by atomic mass is 9.83. The van der Waals surface area contributed by atoms with Gasteiger partial charge in [0.05, 0.1) is 5.54 Å². The van der Waals surface area contributed by atoms with Crippen molar-refractivity contribution in [2.75, 3.05) is 6.61 Å². The number of ether oxygens (including phenoxy) is 1. The highest BCUT2D eigenvalue weighted by molar-refractivity contribution is 9.11. The number of rotatable bonds is 1. The Hall–Kier alpha value is -1.46. The summed E-state index contributed by atoms with van der Waals surface area (Å²) in [6, 6.07) is 6.97. The molecule has 1 unspecified atom stereocenters. The van der Waals surface area contributed by atoms with Crippen molar-refractivity contribution in [1.29, 1.82) is 0 Å². The Bertz CT molecular complexity index is 663. The first-order chi connectivity index (χ1) is 9.34. The molecule has 4 nitrogen and oxygen atoms in total. The van der Waals surface area contributed by atoms with Crippen molar-refractivity contribution in [3.63, 3.8) is 0 Å². The average Bonchev–Trinajstić information content (AvgIpc) is 2.77. The highest BCUT2D eigenvalue weighted by atomic mass is 79.9. The zero-order chi connectivity index (χ0) is 14.5. The zero-order valence-corrected chi connectivity index (χ0v) is 12.8. The molecule has 0 fully saturated rings. The lowest BCUT2D eigenvalue weighted by Gasteiger charge is -2.31. The molecule has 0 amide bonds. The molecule has 104 valence electrons. The highest BCUT2D eigenvalue weighted by Gasteiger charge is 2.48. The van der Waals surface area contributed by atoms with Crippen LogP contribution >= 0.6 is 15.9 Å². The van der Waals surface area contributed by atoms with Gasteiger partial charge in [-0.3, -0.25) is 4.79 Å². The first-order valence-electron chi connectivity index (χ1n) is 6.31. The smallest absolute Gasteiger partial charge is 0.227 e. The minimum Gasteiger partial charge on any atom is -0.476 e. The number of hydrogen-bond acceptors (Lipinski definition) is 4. The molecule has 3 rings (SSSR count). The average molecular weight is 336 g/mol. The Morgan fingerprint density at radius 1 is 1.35 bits per heavy atom. The van der Waals surface area contributed by atoms with Gasteiger partial charge in [-0.2, -0.15) is 0 Å². The molecule has 0 aromatic heterocycles. The van der Waals surface area contributed by atoms with Gasteiger partial charge in [-0.15, -0.1) is 0 Å². The molecule has 0 saturated carbocycles. The molecule has 1 N–H and O–H groups in total. The van der Waals surface area contributed by atoms with E-state index in [0.29, 0.717) is 22.2 Å². The van der Waals surface area contributed by atoms with Gasteiger partial charge in [0.2, 0.25) is 5.90 Å². The first kappa shape index (κ1) is 13.5. The number of carbonyl (C=O) groups is 1. The van der Waals surface area contributed by atoms with E-state index in [0.717, 1.165) is 0 Å². The standard InChI is InChI=1S/C15H14BrNO3/c1-14(2)8-20-13(17-14)15(19)10-6-4-3-5-9(10)11(18)7-12(15)16/h3-7,19H,8H2,1-2H3. The van der Waals surface area contributed by atoms with Crippen molar-refractivity contribution in [3.8, 4) is 0 Å². The molecule has 0 saturated heterocycles. The van der Waals surface area contributed by atoms with E-state index >= 15 is 0 Å². The molecule has 1 aliphatic heterocycles. The Morgan fingerprint density at radius 2 is 2.05 bits per heavy atom. The third kappa shape index (κ3) is 1.84. The molecular formula is C15H14BrNO3. The molecule has 1 heterocycles. The van der Waals surface area contributed by atoms with E-state index in [9.17, 15) is 9.90 Å². The van der Waals surface area contributed by atoms with Crippen molar-refractivity contribution in [2.45, 2.75) is 25.0 Å². The first-order valence-corrected chi connectivity index (χ1v) is 7.11. The number of carbonyl (C=O) groups excluding carboxylic acids is 1. The number of ketones is 1. The van der Waals surface area contributed by atoms with Gasteiger partial charge in [0.1, 0.15) is 6.61 Å². The van der Waals surface area contributed by atoms with Crippen LogP contribution in [0.1, 0.15) is 29.8 Å². The molecule has 1 aromatic carbocycles. The minimum atomic E-state index is -1.53. The van der Waals surface area contributed by atoms with Gasteiger partial charge < -0.3 is 9.84 Å². The van der Waals surface area contributed by atoms with Crippen LogP contribution in [0.2, 0.25) is 0 Å². The predicted molar refractivity (Wildman–Crippen MR) is 79.1 cm³/mol. The molecule has 1 atom stereocenters. The van der Waals surface area contributed by atoms with Gasteiger partial charge in [0.25, 0.3) is 0 Å². The number of hydrogen-bond donors (Lipinski definition) is 1. The lowest BCUT2D eigenvalue weighted by molar-refractivity contribution is 0.0981. The second kappa shape index (κ2) is 4.27. The summed E-state index contributed by atoms with van der Waals surface area (Å²) < 4.78 is 5.94. The van der Waals surface area contributed by atoms with Gasteiger partial charge >= 0.3 is 0 Å². The second-order valence-corrected chi connectivity index (χ2v) is 6.48. The molecular weight excluding hydrogens is 322 g/mol. The lowest BCUT2D eigenvalue weighted by Crippen LogP contribution is -2.40. The van der Waals surface area contributed by atoms with E-state index in [-0.39, 0.29) is 17.2 Å². The van der Waals surface area contributed by atoms with Crippen molar-refractivity contribution >= 4 is 27.6 Å². The Labute approximate surface area is 125 Å². The van der Waals surface area contributed by atoms with Crippen LogP contribution in [0.4, 0.5) is 0 Å². The van der Waals surface area contributed by atoms with Gasteiger partial charge in [-0.1, -0.05) is 40.2 Å². The topological polar surface area (TPSA) is 58.9 Å². The number of benzene rings is 1. The van der Waals surface area contributed by atoms with Crippen LogP contribution in [0.25, 0.3) is 0 Å². The number of aliphatic imine (C=N–C) groups is 1. The van der Waals surface area contributed by atoms with E-state index in [1.165, 1.54) is 6.08 Å². The summed E-state index contributed by atoms with van der Waals surface area (Å²) in [5.41, 5.74) is -0.947. The summed E-state index contributed by atoms with van der Waals surface area (Å²) in [4.78, 5) is 16.5. The van der Waals surface area contributed by atoms with Crippen molar-refractivity contribution in [2.24, 2.45) is 4.99 Å². The maximum atomic E-state index is 12.0. The second-order valence-electron chi connectivity index (χ2n) is 5.63. The molecule has 1 aromatic rings. The summed E-state index contributed by atoms with van der Waals surface area (Å²) >= 11 is 3.30. The van der Waals surface area contributed by atoms with Crippen LogP contribution in [0, 0.1) is 0 Å². The predicted octanol–water partition coefficient (Wildman–Crippen LogP) is 2.56. The number of allylic oxidation sites excluding steroid dienone is 1. The monoisotopic (exact) mass is 335 g/mol. The summed E-state index contributed by atoms with van der Waals surface area (Å²) in [6.07, 6.45) is 1.37. The molecule has 1 aliphatic carbocycles. The van der Waals surface area contributed by atoms with E-state index in [4.69, 9.17) is 4.74 Å². The highest BCUT2D eigenvalue weighted by Crippen LogP contribution is 2.42. The number of fused-ring (bicyclic) bond motifs is 1. The van der Waals surface area contributed by atoms with E-state index in [1.807, 2.05) is 13.8 Å². The van der Waals surface area contributed by atoms with Crippen LogP contribution in [0.15, 0.2) is 39.8 Å². The van der Waals surface area contributed by atoms with Gasteiger partial charge in [-0.25, -0.2) is 4.99 Å². The SMILES string of the molecule is CC1(C)COC(C2(O)C(Br)=CC(=O)c3ccccc32)=N1. The Morgan fingerprint density at radius 3 is 2.70 bits per heavy atom. The van der Waals surface area contributed by atoms with E-state index < -0.39 is 5.60 Å². The Balaban J connectivity index is 2.22. The molecule has 2 aliphatic rings. The zero-order valence-electron chi connectivity index (χ0n) is 11.2. The van der Waals surface area contributed by atoms with Crippen LogP contribution in [-0.2, 0) is 10.3 Å². The maximum Gasteiger partial charge on any atom is 0.227 e. The van der Waals surface area contributed by atoms with E-state index in [1.54, 1.807) is 24.3 Å². The minimum absolute atomic E-state index is 0.144. The summed E-state index contributed by atoms with van der Waals surface area (Å²) in [6.45, 7) is 4.27. The van der Waals surface area contributed by atoms with Crippen LogP contribution in [0.5, 0.6) is 0 Å². The fourth-order valence-electron chi connectivity index (χ4n) is 2.43. The van der Waals surface area contributed by atoms with Crippen LogP contribution in [-0.4, -0.2) is 28.9 Å². The van der Waals surface area contributed by atoms with Crippen molar-refractivity contribution < 1.29 is 14.6 Å². The molecule has 20 heavy (non-hydrogen) atoms.